The molecule has 1 fully saturated rings. The molecule has 0 aromatic heterocycles. The minimum atomic E-state index is -0.246. The summed E-state index contributed by atoms with van der Waals surface area (Å²) in [5, 5.41) is 5.81. The number of carbonyl (C=O) groups excluding carboxylic acids is 1. The van der Waals surface area contributed by atoms with Crippen LogP contribution in [0.4, 0.5) is 10.5 Å². The number of amides is 2. The van der Waals surface area contributed by atoms with Crippen LogP contribution >= 0.6 is 12.2 Å². The number of para-hydroxylation sites is 1. The largest absolute Gasteiger partial charge is 0.495 e. The van der Waals surface area contributed by atoms with E-state index in [9.17, 15) is 4.79 Å². The Labute approximate surface area is 130 Å². The van der Waals surface area contributed by atoms with Crippen LogP contribution < -0.4 is 21.1 Å². The molecule has 0 atom stereocenters. The maximum Gasteiger partial charge on any atom is 0.319 e. The van der Waals surface area contributed by atoms with Gasteiger partial charge in [0, 0.05) is 11.6 Å². The van der Waals surface area contributed by atoms with E-state index in [0.717, 1.165) is 25.7 Å². The van der Waals surface area contributed by atoms with Crippen LogP contribution in [0, 0.1) is 0 Å². The molecule has 5 nitrogen and oxygen atoms in total. The smallest absolute Gasteiger partial charge is 0.319 e. The van der Waals surface area contributed by atoms with Gasteiger partial charge in [0.15, 0.2) is 0 Å². The maximum atomic E-state index is 12.2. The summed E-state index contributed by atoms with van der Waals surface area (Å²) in [4.78, 5) is 12.4. The predicted molar refractivity (Wildman–Crippen MR) is 87.9 cm³/mol. The first-order valence-electron chi connectivity index (χ1n) is 7.16. The minimum Gasteiger partial charge on any atom is -0.495 e. The highest BCUT2D eigenvalue weighted by atomic mass is 32.1. The third kappa shape index (κ3) is 4.07. The number of hydrogen-bond acceptors (Lipinski definition) is 3. The zero-order valence-electron chi connectivity index (χ0n) is 12.1. The fraction of sp³-hybridized carbons (Fsp3) is 0.467. The summed E-state index contributed by atoms with van der Waals surface area (Å²) in [6.07, 6.45) is 5.64. The van der Waals surface area contributed by atoms with E-state index < -0.39 is 0 Å². The van der Waals surface area contributed by atoms with Crippen LogP contribution in [0.25, 0.3) is 0 Å². The molecule has 6 heteroatoms. The summed E-state index contributed by atoms with van der Waals surface area (Å²) in [5.41, 5.74) is 6.82. The third-order valence-corrected chi connectivity index (χ3v) is 3.91. The third-order valence-electron chi connectivity index (χ3n) is 3.69. The fourth-order valence-electron chi connectivity index (χ4n) is 2.62. The highest BCUT2D eigenvalue weighted by Gasteiger charge is 2.18. The lowest BCUT2D eigenvalue weighted by Gasteiger charge is -2.23. The highest BCUT2D eigenvalue weighted by molar-refractivity contribution is 7.80. The molecule has 1 aliphatic carbocycles. The number of benzene rings is 1. The van der Waals surface area contributed by atoms with Crippen LogP contribution in [-0.4, -0.2) is 24.2 Å². The molecule has 1 aromatic carbocycles. The summed E-state index contributed by atoms with van der Waals surface area (Å²) in [6.45, 7) is 0. The quantitative estimate of drug-likeness (QED) is 0.748. The summed E-state index contributed by atoms with van der Waals surface area (Å²) in [5.74, 6) is 0.541. The second kappa shape index (κ2) is 7.26. The Balaban J connectivity index is 2.10. The van der Waals surface area contributed by atoms with Gasteiger partial charge in [-0.25, -0.2) is 4.79 Å². The molecular formula is C15H21N3O2S. The van der Waals surface area contributed by atoms with E-state index in [1.807, 2.05) is 0 Å². The van der Waals surface area contributed by atoms with Gasteiger partial charge in [-0.15, -0.1) is 0 Å². The first-order valence-corrected chi connectivity index (χ1v) is 7.57. The monoisotopic (exact) mass is 307 g/mol. The average Bonchev–Trinajstić information content (AvgIpc) is 2.48. The molecule has 0 aliphatic heterocycles. The molecule has 0 heterocycles. The second-order valence-corrected chi connectivity index (χ2v) is 5.62. The number of thiocarbonyl (C=S) groups is 1. The van der Waals surface area contributed by atoms with E-state index in [1.165, 1.54) is 6.42 Å². The van der Waals surface area contributed by atoms with Crippen molar-refractivity contribution in [1.29, 1.82) is 0 Å². The lowest BCUT2D eigenvalue weighted by molar-refractivity contribution is 0.244. The van der Waals surface area contributed by atoms with Gasteiger partial charge in [-0.2, -0.15) is 0 Å². The van der Waals surface area contributed by atoms with Gasteiger partial charge >= 0.3 is 6.03 Å². The van der Waals surface area contributed by atoms with Gasteiger partial charge in [-0.05, 0) is 25.0 Å². The van der Waals surface area contributed by atoms with E-state index in [0.29, 0.717) is 17.0 Å². The molecule has 1 aliphatic rings. The van der Waals surface area contributed by atoms with Gasteiger partial charge in [0.25, 0.3) is 0 Å². The first-order chi connectivity index (χ1) is 10.1. The van der Waals surface area contributed by atoms with Crippen LogP contribution in [0.1, 0.15) is 37.7 Å². The Morgan fingerprint density at radius 3 is 2.67 bits per heavy atom. The topological polar surface area (TPSA) is 76.4 Å². The van der Waals surface area contributed by atoms with Gasteiger partial charge < -0.3 is 21.1 Å². The second-order valence-electron chi connectivity index (χ2n) is 5.18. The van der Waals surface area contributed by atoms with Crippen molar-refractivity contribution in [1.82, 2.24) is 5.32 Å². The molecule has 0 saturated heterocycles. The zero-order valence-corrected chi connectivity index (χ0v) is 13.0. The number of hydrogen-bond donors (Lipinski definition) is 3. The maximum absolute atomic E-state index is 12.2. The van der Waals surface area contributed by atoms with Crippen molar-refractivity contribution in [3.63, 3.8) is 0 Å². The van der Waals surface area contributed by atoms with Crippen LogP contribution in [-0.2, 0) is 0 Å². The van der Waals surface area contributed by atoms with E-state index in [-0.39, 0.29) is 17.1 Å². The van der Waals surface area contributed by atoms with Gasteiger partial charge in [-0.1, -0.05) is 37.5 Å². The molecular weight excluding hydrogens is 286 g/mol. The van der Waals surface area contributed by atoms with E-state index in [4.69, 9.17) is 22.7 Å². The summed E-state index contributed by atoms with van der Waals surface area (Å²) >= 11 is 5.02. The van der Waals surface area contributed by atoms with Crippen LogP contribution in [0.5, 0.6) is 5.75 Å². The van der Waals surface area contributed by atoms with Crippen LogP contribution in [0.2, 0.25) is 0 Å². The average molecular weight is 307 g/mol. The van der Waals surface area contributed by atoms with Crippen molar-refractivity contribution in [2.45, 2.75) is 38.1 Å². The van der Waals surface area contributed by atoms with E-state index >= 15 is 0 Å². The molecule has 2 rings (SSSR count). The molecule has 4 N–H and O–H groups in total. The number of anilines is 1. The van der Waals surface area contributed by atoms with Crippen LogP contribution in [0.3, 0.4) is 0 Å². The lowest BCUT2D eigenvalue weighted by atomic mass is 9.96. The van der Waals surface area contributed by atoms with Crippen molar-refractivity contribution in [3.8, 4) is 5.75 Å². The number of methoxy groups -OCH3 is 1. The molecule has 2 amide bonds. The standard InChI is InChI=1S/C15H21N3O2S/c1-20-12-9-5-8-11(14(16)21)13(12)18-15(19)17-10-6-3-2-4-7-10/h5,8-10H,2-4,6-7H2,1H3,(H2,16,21)(H2,17,18,19). The summed E-state index contributed by atoms with van der Waals surface area (Å²) in [7, 11) is 1.54. The van der Waals surface area contributed by atoms with Crippen LogP contribution in [0.15, 0.2) is 18.2 Å². The minimum absolute atomic E-state index is 0.224. The molecule has 114 valence electrons. The van der Waals surface area contributed by atoms with Gasteiger partial charge in [0.05, 0.1) is 12.8 Å². The van der Waals surface area contributed by atoms with E-state index in [2.05, 4.69) is 10.6 Å². The SMILES string of the molecule is COc1cccc(C(N)=S)c1NC(=O)NC1CCCCC1. The molecule has 1 saturated carbocycles. The Kier molecular flexibility index (Phi) is 5.38. The van der Waals surface area contributed by atoms with Crippen molar-refractivity contribution in [2.75, 3.05) is 12.4 Å². The number of rotatable bonds is 4. The molecule has 21 heavy (non-hydrogen) atoms. The molecule has 0 radical (unpaired) electrons. The van der Waals surface area contributed by atoms with Crippen molar-refractivity contribution >= 4 is 28.9 Å². The molecule has 1 aromatic rings. The number of urea groups is 1. The molecule has 0 spiro atoms. The lowest BCUT2D eigenvalue weighted by Crippen LogP contribution is -2.39. The van der Waals surface area contributed by atoms with E-state index in [1.54, 1.807) is 25.3 Å². The first kappa shape index (κ1) is 15.6. The summed E-state index contributed by atoms with van der Waals surface area (Å²) < 4.78 is 5.27. The summed E-state index contributed by atoms with van der Waals surface area (Å²) in [6, 6.07) is 5.31. The normalized spacial score (nSPS) is 15.3. The van der Waals surface area contributed by atoms with Gasteiger partial charge in [-0.3, -0.25) is 0 Å². The Morgan fingerprint density at radius 1 is 1.33 bits per heavy atom. The number of nitrogens with one attached hydrogen (secondary N) is 2. The zero-order chi connectivity index (χ0) is 15.2. The van der Waals surface area contributed by atoms with Crippen molar-refractivity contribution in [2.24, 2.45) is 5.73 Å². The highest BCUT2D eigenvalue weighted by Crippen LogP contribution is 2.28. The number of carbonyl (C=O) groups is 1. The number of ether oxygens (including phenoxy) is 1. The fourth-order valence-corrected chi connectivity index (χ4v) is 2.79. The molecule has 0 bridgehead atoms. The Hall–Kier alpha value is -1.82. The van der Waals surface area contributed by atoms with Crippen molar-refractivity contribution < 1.29 is 9.53 Å². The predicted octanol–water partition coefficient (Wildman–Crippen LogP) is 2.78. The van der Waals surface area contributed by atoms with Gasteiger partial charge in [0.2, 0.25) is 0 Å². The van der Waals surface area contributed by atoms with Crippen molar-refractivity contribution in [3.05, 3.63) is 23.8 Å². The Bertz CT molecular complexity index is 528. The van der Waals surface area contributed by atoms with Gasteiger partial charge in [0.1, 0.15) is 10.7 Å². The number of nitrogens with two attached hydrogens (primary N) is 1. The molecule has 0 unspecified atom stereocenters. The Morgan fingerprint density at radius 2 is 2.05 bits per heavy atom.